The highest BCUT2D eigenvalue weighted by Crippen LogP contribution is 2.23. The fourth-order valence-electron chi connectivity index (χ4n) is 2.52. The number of halogens is 1. The van der Waals surface area contributed by atoms with Crippen LogP contribution < -0.4 is 10.6 Å². The summed E-state index contributed by atoms with van der Waals surface area (Å²) in [6, 6.07) is 4.74. The van der Waals surface area contributed by atoms with E-state index in [2.05, 4.69) is 26.6 Å². The first-order chi connectivity index (χ1) is 10.1. The second kappa shape index (κ2) is 7.56. The summed E-state index contributed by atoms with van der Waals surface area (Å²) in [5.41, 5.74) is 0.445. The van der Waals surface area contributed by atoms with Crippen molar-refractivity contribution in [2.45, 2.75) is 25.7 Å². The number of amides is 1. The quantitative estimate of drug-likeness (QED) is 0.759. The van der Waals surface area contributed by atoms with Crippen molar-refractivity contribution in [1.29, 1.82) is 0 Å². The van der Waals surface area contributed by atoms with E-state index in [-0.39, 0.29) is 11.5 Å². The Morgan fingerprint density at radius 3 is 2.71 bits per heavy atom. The molecule has 21 heavy (non-hydrogen) atoms. The van der Waals surface area contributed by atoms with Gasteiger partial charge in [-0.3, -0.25) is 4.79 Å². The molecule has 2 rings (SSSR count). The molecule has 1 fully saturated rings. The lowest BCUT2D eigenvalue weighted by atomic mass is 9.93. The number of carbonyl (C=O) groups is 2. The Kier molecular flexibility index (Phi) is 5.76. The van der Waals surface area contributed by atoms with Gasteiger partial charge in [0.1, 0.15) is 0 Å². The van der Waals surface area contributed by atoms with E-state index in [1.165, 1.54) is 6.07 Å². The monoisotopic (exact) mass is 354 g/mol. The normalized spacial score (nSPS) is 15.7. The van der Waals surface area contributed by atoms with E-state index in [0.29, 0.717) is 18.0 Å². The summed E-state index contributed by atoms with van der Waals surface area (Å²) in [6.07, 6.45) is 3.48. The van der Waals surface area contributed by atoms with E-state index < -0.39 is 5.97 Å². The standard InChI is InChI=1S/C15H19BrN2O3/c16-11-2-3-12(15(20)21)13(9-11)18-14(19)4-1-10-5-7-17-8-6-10/h2-3,9-10,17H,1,4-8H2,(H,18,19)(H,20,21). The molecule has 0 spiro atoms. The van der Waals surface area contributed by atoms with Crippen LogP contribution in [-0.4, -0.2) is 30.1 Å². The molecular weight excluding hydrogens is 336 g/mol. The fraction of sp³-hybridized carbons (Fsp3) is 0.467. The first-order valence-electron chi connectivity index (χ1n) is 7.09. The third-order valence-corrected chi connectivity index (χ3v) is 4.22. The lowest BCUT2D eigenvalue weighted by Gasteiger charge is -2.22. The van der Waals surface area contributed by atoms with Gasteiger partial charge in [0.15, 0.2) is 0 Å². The number of hydrogen-bond acceptors (Lipinski definition) is 3. The largest absolute Gasteiger partial charge is 0.478 e. The molecule has 0 bridgehead atoms. The van der Waals surface area contributed by atoms with Crippen LogP contribution in [0.1, 0.15) is 36.0 Å². The molecule has 1 aromatic rings. The molecule has 1 aromatic carbocycles. The molecule has 0 unspecified atom stereocenters. The number of aromatic carboxylic acids is 1. The highest BCUT2D eigenvalue weighted by molar-refractivity contribution is 9.10. The predicted molar refractivity (Wildman–Crippen MR) is 84.6 cm³/mol. The van der Waals surface area contributed by atoms with E-state index in [4.69, 9.17) is 5.11 Å². The Labute approximate surface area is 132 Å². The summed E-state index contributed by atoms with van der Waals surface area (Å²) < 4.78 is 0.737. The van der Waals surface area contributed by atoms with Crippen LogP contribution in [0.3, 0.4) is 0 Å². The van der Waals surface area contributed by atoms with Gasteiger partial charge in [0, 0.05) is 10.9 Å². The molecule has 1 aliphatic rings. The van der Waals surface area contributed by atoms with Crippen molar-refractivity contribution in [3.05, 3.63) is 28.2 Å². The molecule has 3 N–H and O–H groups in total. The maximum absolute atomic E-state index is 12.0. The van der Waals surface area contributed by atoms with Gasteiger partial charge in [-0.2, -0.15) is 0 Å². The van der Waals surface area contributed by atoms with Crippen LogP contribution in [-0.2, 0) is 4.79 Å². The van der Waals surface area contributed by atoms with E-state index in [9.17, 15) is 9.59 Å². The Balaban J connectivity index is 1.92. The van der Waals surface area contributed by atoms with Gasteiger partial charge in [-0.15, -0.1) is 0 Å². The molecule has 114 valence electrons. The molecule has 6 heteroatoms. The van der Waals surface area contributed by atoms with E-state index in [1.807, 2.05) is 0 Å². The highest BCUT2D eigenvalue weighted by atomic mass is 79.9. The van der Waals surface area contributed by atoms with Gasteiger partial charge in [-0.1, -0.05) is 15.9 Å². The van der Waals surface area contributed by atoms with Crippen LogP contribution in [0.15, 0.2) is 22.7 Å². The topological polar surface area (TPSA) is 78.4 Å². The predicted octanol–water partition coefficient (Wildman–Crippen LogP) is 2.87. The van der Waals surface area contributed by atoms with Gasteiger partial charge in [-0.25, -0.2) is 4.79 Å². The first kappa shape index (κ1) is 16.0. The van der Waals surface area contributed by atoms with E-state index in [1.54, 1.807) is 12.1 Å². The summed E-state index contributed by atoms with van der Waals surface area (Å²) in [4.78, 5) is 23.2. The van der Waals surface area contributed by atoms with E-state index >= 15 is 0 Å². The molecule has 0 aromatic heterocycles. The Morgan fingerprint density at radius 2 is 2.05 bits per heavy atom. The Hall–Kier alpha value is -1.40. The first-order valence-corrected chi connectivity index (χ1v) is 7.89. The van der Waals surface area contributed by atoms with Gasteiger partial charge >= 0.3 is 5.97 Å². The molecule has 0 radical (unpaired) electrons. The maximum Gasteiger partial charge on any atom is 0.337 e. The SMILES string of the molecule is O=C(CCC1CCNCC1)Nc1cc(Br)ccc1C(=O)O. The third kappa shape index (κ3) is 4.82. The minimum atomic E-state index is -1.05. The molecular formula is C15H19BrN2O3. The maximum atomic E-state index is 12.0. The number of benzene rings is 1. The summed E-state index contributed by atoms with van der Waals surface area (Å²) in [6.45, 7) is 2.03. The minimum Gasteiger partial charge on any atom is -0.478 e. The molecule has 0 saturated carbocycles. The molecule has 5 nitrogen and oxygen atoms in total. The summed E-state index contributed by atoms with van der Waals surface area (Å²) in [7, 11) is 0. The minimum absolute atomic E-state index is 0.105. The van der Waals surface area contributed by atoms with Crippen molar-refractivity contribution in [1.82, 2.24) is 5.32 Å². The van der Waals surface area contributed by atoms with Gasteiger partial charge in [-0.05, 0) is 56.5 Å². The third-order valence-electron chi connectivity index (χ3n) is 3.72. The van der Waals surface area contributed by atoms with Crippen LogP contribution in [0.4, 0.5) is 5.69 Å². The van der Waals surface area contributed by atoms with Crippen molar-refractivity contribution in [3.63, 3.8) is 0 Å². The molecule has 1 heterocycles. The smallest absolute Gasteiger partial charge is 0.337 e. The summed E-state index contributed by atoms with van der Waals surface area (Å²) in [5.74, 6) is -0.594. The summed E-state index contributed by atoms with van der Waals surface area (Å²) in [5, 5.41) is 15.1. The number of anilines is 1. The van der Waals surface area contributed by atoms with Crippen molar-refractivity contribution in [3.8, 4) is 0 Å². The zero-order valence-corrected chi connectivity index (χ0v) is 13.3. The second-order valence-electron chi connectivity index (χ2n) is 5.28. The number of carbonyl (C=O) groups excluding carboxylic acids is 1. The van der Waals surface area contributed by atoms with E-state index in [0.717, 1.165) is 36.8 Å². The Morgan fingerprint density at radius 1 is 1.33 bits per heavy atom. The second-order valence-corrected chi connectivity index (χ2v) is 6.19. The van der Waals surface area contributed by atoms with Crippen molar-refractivity contribution < 1.29 is 14.7 Å². The average Bonchev–Trinajstić information content (AvgIpc) is 2.46. The zero-order valence-electron chi connectivity index (χ0n) is 11.7. The Bertz CT molecular complexity index is 528. The van der Waals surface area contributed by atoms with Crippen LogP contribution in [0.2, 0.25) is 0 Å². The fourth-order valence-corrected chi connectivity index (χ4v) is 2.89. The summed E-state index contributed by atoms with van der Waals surface area (Å²) >= 11 is 3.29. The van der Waals surface area contributed by atoms with Crippen LogP contribution in [0, 0.1) is 5.92 Å². The van der Waals surface area contributed by atoms with Crippen LogP contribution >= 0.6 is 15.9 Å². The highest BCUT2D eigenvalue weighted by Gasteiger charge is 2.16. The number of hydrogen-bond donors (Lipinski definition) is 3. The number of carboxylic acid groups (broad SMARTS) is 1. The number of piperidine rings is 1. The molecule has 0 aliphatic carbocycles. The van der Waals surface area contributed by atoms with Crippen molar-refractivity contribution in [2.24, 2.45) is 5.92 Å². The van der Waals surface area contributed by atoms with Gasteiger partial charge in [0.2, 0.25) is 5.91 Å². The number of rotatable bonds is 5. The van der Waals surface area contributed by atoms with Crippen LogP contribution in [0.25, 0.3) is 0 Å². The zero-order chi connectivity index (χ0) is 15.2. The lowest BCUT2D eigenvalue weighted by molar-refractivity contribution is -0.116. The van der Waals surface area contributed by atoms with Gasteiger partial charge in [0.05, 0.1) is 11.3 Å². The molecule has 0 atom stereocenters. The van der Waals surface area contributed by atoms with Crippen molar-refractivity contribution >= 4 is 33.5 Å². The van der Waals surface area contributed by atoms with Crippen LogP contribution in [0.5, 0.6) is 0 Å². The lowest BCUT2D eigenvalue weighted by Crippen LogP contribution is -2.28. The van der Waals surface area contributed by atoms with Crippen molar-refractivity contribution in [2.75, 3.05) is 18.4 Å². The molecule has 1 aliphatic heterocycles. The molecule has 1 amide bonds. The van der Waals surface area contributed by atoms with Gasteiger partial charge < -0.3 is 15.7 Å². The number of carboxylic acids is 1. The molecule has 1 saturated heterocycles. The number of nitrogens with one attached hydrogen (secondary N) is 2. The average molecular weight is 355 g/mol. The van der Waals surface area contributed by atoms with Gasteiger partial charge in [0.25, 0.3) is 0 Å².